The second-order valence-corrected chi connectivity index (χ2v) is 4.56. The summed E-state index contributed by atoms with van der Waals surface area (Å²) in [5.74, 6) is 0. The summed E-state index contributed by atoms with van der Waals surface area (Å²) in [4.78, 5) is 4.09. The molecule has 1 N–H and O–H groups in total. The van der Waals surface area contributed by atoms with Gasteiger partial charge in [-0.1, -0.05) is 38.0 Å². The van der Waals surface area contributed by atoms with Crippen LogP contribution in [0.2, 0.25) is 0 Å². The van der Waals surface area contributed by atoms with Crippen molar-refractivity contribution < 1.29 is 5.11 Å². The molecule has 0 aliphatic carbocycles. The number of aliphatic hydroxyl groups excluding tert-OH is 1. The lowest BCUT2D eigenvalue weighted by molar-refractivity contribution is 0.162. The third-order valence-electron chi connectivity index (χ3n) is 3.07. The zero-order chi connectivity index (χ0) is 12.1. The Labute approximate surface area is 102 Å². The van der Waals surface area contributed by atoms with Crippen molar-refractivity contribution in [2.24, 2.45) is 0 Å². The molecule has 2 nitrogen and oxygen atoms in total. The first-order valence-corrected chi connectivity index (χ1v) is 6.30. The molecule has 2 rings (SSSR count). The summed E-state index contributed by atoms with van der Waals surface area (Å²) in [5, 5.41) is 12.2. The number of benzene rings is 1. The Bertz CT molecular complexity index is 481. The second kappa shape index (κ2) is 5.78. The summed E-state index contributed by atoms with van der Waals surface area (Å²) in [5.41, 5.74) is 1.20. The fourth-order valence-corrected chi connectivity index (χ4v) is 2.07. The van der Waals surface area contributed by atoms with E-state index in [1.54, 1.807) is 6.20 Å². The molecular weight excluding hydrogens is 210 g/mol. The number of unbranched alkanes of at least 4 members (excludes halogenated alkanes) is 1. The van der Waals surface area contributed by atoms with E-state index in [0.717, 1.165) is 31.1 Å². The average Bonchev–Trinajstić information content (AvgIpc) is 2.36. The number of rotatable bonds is 5. The molecule has 1 heterocycles. The van der Waals surface area contributed by atoms with E-state index in [9.17, 15) is 5.11 Å². The lowest BCUT2D eigenvalue weighted by Crippen LogP contribution is -2.09. The first-order valence-electron chi connectivity index (χ1n) is 6.30. The fraction of sp³-hybridized carbons (Fsp3) is 0.400. The van der Waals surface area contributed by atoms with Gasteiger partial charge in [0.1, 0.15) is 0 Å². The van der Waals surface area contributed by atoms with Crippen LogP contribution in [-0.4, -0.2) is 16.2 Å². The van der Waals surface area contributed by atoms with Crippen LogP contribution in [0.1, 0.15) is 31.7 Å². The minimum Gasteiger partial charge on any atom is -0.393 e. The number of aromatic nitrogens is 1. The van der Waals surface area contributed by atoms with Gasteiger partial charge < -0.3 is 5.11 Å². The molecule has 0 saturated carbocycles. The van der Waals surface area contributed by atoms with E-state index in [4.69, 9.17) is 0 Å². The van der Waals surface area contributed by atoms with Gasteiger partial charge in [0.25, 0.3) is 0 Å². The lowest BCUT2D eigenvalue weighted by Gasteiger charge is -2.10. The van der Waals surface area contributed by atoms with E-state index in [1.165, 1.54) is 10.9 Å². The molecule has 0 fully saturated rings. The third kappa shape index (κ3) is 3.27. The van der Waals surface area contributed by atoms with Gasteiger partial charge in [0, 0.05) is 17.8 Å². The van der Waals surface area contributed by atoms with Gasteiger partial charge in [-0.05, 0) is 29.9 Å². The maximum Gasteiger partial charge on any atom is 0.0580 e. The van der Waals surface area contributed by atoms with Gasteiger partial charge in [-0.2, -0.15) is 0 Å². The minimum atomic E-state index is -0.214. The number of hydrogen-bond acceptors (Lipinski definition) is 2. The fourth-order valence-electron chi connectivity index (χ4n) is 2.07. The lowest BCUT2D eigenvalue weighted by atomic mass is 10.0. The van der Waals surface area contributed by atoms with E-state index < -0.39 is 0 Å². The molecule has 0 saturated heterocycles. The maximum absolute atomic E-state index is 9.89. The van der Waals surface area contributed by atoms with Gasteiger partial charge in [-0.25, -0.2) is 0 Å². The van der Waals surface area contributed by atoms with Crippen LogP contribution in [-0.2, 0) is 6.42 Å². The Morgan fingerprint density at radius 2 is 2.12 bits per heavy atom. The maximum atomic E-state index is 9.89. The van der Waals surface area contributed by atoms with Gasteiger partial charge in [-0.3, -0.25) is 4.98 Å². The van der Waals surface area contributed by atoms with E-state index >= 15 is 0 Å². The Morgan fingerprint density at radius 3 is 2.94 bits per heavy atom. The summed E-state index contributed by atoms with van der Waals surface area (Å²) < 4.78 is 0. The zero-order valence-electron chi connectivity index (χ0n) is 10.3. The molecular formula is C15H19NO. The van der Waals surface area contributed by atoms with Crippen molar-refractivity contribution in [3.8, 4) is 0 Å². The number of aliphatic hydroxyl groups is 1. The molecule has 0 spiro atoms. The molecule has 0 aliphatic rings. The van der Waals surface area contributed by atoms with Crippen LogP contribution < -0.4 is 0 Å². The van der Waals surface area contributed by atoms with Gasteiger partial charge in [0.15, 0.2) is 0 Å². The Morgan fingerprint density at radius 1 is 1.24 bits per heavy atom. The molecule has 0 radical (unpaired) electrons. The average molecular weight is 229 g/mol. The van der Waals surface area contributed by atoms with Gasteiger partial charge in [0.05, 0.1) is 6.10 Å². The molecule has 1 atom stereocenters. The molecule has 0 aliphatic heterocycles. The molecule has 2 aromatic rings. The van der Waals surface area contributed by atoms with Crippen molar-refractivity contribution in [3.05, 3.63) is 42.2 Å². The predicted molar refractivity (Wildman–Crippen MR) is 71.0 cm³/mol. The largest absolute Gasteiger partial charge is 0.393 e. The number of hydrogen-bond donors (Lipinski definition) is 1. The first-order chi connectivity index (χ1) is 8.29. The highest BCUT2D eigenvalue weighted by Crippen LogP contribution is 2.16. The summed E-state index contributed by atoms with van der Waals surface area (Å²) in [6, 6.07) is 8.31. The second-order valence-electron chi connectivity index (χ2n) is 4.56. The van der Waals surface area contributed by atoms with Crippen LogP contribution in [0.25, 0.3) is 10.8 Å². The van der Waals surface area contributed by atoms with Crippen LogP contribution in [0.3, 0.4) is 0 Å². The van der Waals surface area contributed by atoms with E-state index in [2.05, 4.69) is 30.1 Å². The number of fused-ring (bicyclic) bond motifs is 1. The van der Waals surface area contributed by atoms with Gasteiger partial charge in [-0.15, -0.1) is 0 Å². The van der Waals surface area contributed by atoms with Crippen molar-refractivity contribution in [2.45, 2.75) is 38.7 Å². The molecule has 0 amide bonds. The highest BCUT2D eigenvalue weighted by molar-refractivity contribution is 5.81. The quantitative estimate of drug-likeness (QED) is 0.853. The van der Waals surface area contributed by atoms with Crippen molar-refractivity contribution in [2.75, 3.05) is 0 Å². The predicted octanol–water partition coefficient (Wildman–Crippen LogP) is 3.33. The van der Waals surface area contributed by atoms with Crippen molar-refractivity contribution >= 4 is 10.8 Å². The molecule has 0 bridgehead atoms. The standard InChI is InChI=1S/C15H19NO/c1-2-3-4-15(17)10-12-5-6-14-11-16-8-7-13(14)9-12/h5-9,11,15,17H,2-4,10H2,1H3. The van der Waals surface area contributed by atoms with E-state index in [0.29, 0.717) is 0 Å². The summed E-state index contributed by atoms with van der Waals surface area (Å²) >= 11 is 0. The molecule has 17 heavy (non-hydrogen) atoms. The smallest absolute Gasteiger partial charge is 0.0580 e. The zero-order valence-corrected chi connectivity index (χ0v) is 10.3. The highest BCUT2D eigenvalue weighted by atomic mass is 16.3. The van der Waals surface area contributed by atoms with Crippen LogP contribution >= 0.6 is 0 Å². The van der Waals surface area contributed by atoms with Crippen LogP contribution in [0.5, 0.6) is 0 Å². The van der Waals surface area contributed by atoms with Crippen LogP contribution in [0, 0.1) is 0 Å². The Hall–Kier alpha value is -1.41. The van der Waals surface area contributed by atoms with Crippen LogP contribution in [0.4, 0.5) is 0 Å². The van der Waals surface area contributed by atoms with Crippen LogP contribution in [0.15, 0.2) is 36.7 Å². The van der Waals surface area contributed by atoms with Crippen molar-refractivity contribution in [1.29, 1.82) is 0 Å². The molecule has 1 aromatic carbocycles. The number of nitrogens with zero attached hydrogens (tertiary/aromatic N) is 1. The van der Waals surface area contributed by atoms with Gasteiger partial charge in [0.2, 0.25) is 0 Å². The SMILES string of the molecule is CCCCC(O)Cc1ccc2cnccc2c1. The normalized spacial score (nSPS) is 12.8. The Balaban J connectivity index is 2.08. The van der Waals surface area contributed by atoms with E-state index in [1.807, 2.05) is 12.3 Å². The molecule has 1 unspecified atom stereocenters. The Kier molecular flexibility index (Phi) is 4.10. The summed E-state index contributed by atoms with van der Waals surface area (Å²) in [6.45, 7) is 2.15. The minimum absolute atomic E-state index is 0.214. The van der Waals surface area contributed by atoms with E-state index in [-0.39, 0.29) is 6.10 Å². The molecule has 2 heteroatoms. The summed E-state index contributed by atoms with van der Waals surface area (Å²) in [6.07, 6.45) is 7.34. The monoisotopic (exact) mass is 229 g/mol. The number of pyridine rings is 1. The molecule has 1 aromatic heterocycles. The third-order valence-corrected chi connectivity index (χ3v) is 3.07. The topological polar surface area (TPSA) is 33.1 Å². The van der Waals surface area contributed by atoms with Gasteiger partial charge >= 0.3 is 0 Å². The first kappa shape index (κ1) is 12.1. The summed E-state index contributed by atoms with van der Waals surface area (Å²) in [7, 11) is 0. The van der Waals surface area contributed by atoms with Crippen molar-refractivity contribution in [1.82, 2.24) is 4.98 Å². The molecule has 90 valence electrons. The van der Waals surface area contributed by atoms with Crippen molar-refractivity contribution in [3.63, 3.8) is 0 Å². The highest BCUT2D eigenvalue weighted by Gasteiger charge is 2.05.